The van der Waals surface area contributed by atoms with E-state index in [1.807, 2.05) is 18.2 Å². The third-order valence-electron chi connectivity index (χ3n) is 1.86. The van der Waals surface area contributed by atoms with Gasteiger partial charge in [-0.2, -0.15) is 0 Å². The summed E-state index contributed by atoms with van der Waals surface area (Å²) < 4.78 is 5.45. The predicted octanol–water partition coefficient (Wildman–Crippen LogP) is 2.20. The van der Waals surface area contributed by atoms with Gasteiger partial charge in [-0.25, -0.2) is 0 Å². The number of nitrogens with two attached hydrogens (primary N) is 1. The number of allylic oxidation sites excluding steroid dienone is 4. The van der Waals surface area contributed by atoms with E-state index in [9.17, 15) is 0 Å². The summed E-state index contributed by atoms with van der Waals surface area (Å²) in [7, 11) is 0. The summed E-state index contributed by atoms with van der Waals surface area (Å²) in [6, 6.07) is 1.88. The third-order valence-corrected chi connectivity index (χ3v) is 2.17. The van der Waals surface area contributed by atoms with Gasteiger partial charge in [-0.15, -0.1) is 0 Å². The van der Waals surface area contributed by atoms with Crippen molar-refractivity contribution in [1.82, 2.24) is 4.98 Å². The second-order valence-corrected chi connectivity index (χ2v) is 3.52. The highest BCUT2D eigenvalue weighted by atomic mass is 127. The molecule has 0 saturated carbocycles. The van der Waals surface area contributed by atoms with Crippen LogP contribution in [0.3, 0.4) is 0 Å². The summed E-state index contributed by atoms with van der Waals surface area (Å²) in [6.45, 7) is 3.97. The predicted molar refractivity (Wildman–Crippen MR) is 77.5 cm³/mol. The van der Waals surface area contributed by atoms with Crippen LogP contribution in [0.5, 0.6) is 5.75 Å². The Bertz CT molecular complexity index is 418. The molecular weight excluding hydrogens is 314 g/mol. The average Bonchev–Trinajstić information content (AvgIpc) is 2.30. The monoisotopic (exact) mass is 326 g/mol. The summed E-state index contributed by atoms with van der Waals surface area (Å²) in [5.41, 5.74) is 7.03. The summed E-state index contributed by atoms with van der Waals surface area (Å²) in [6.07, 6.45) is 10.3. The van der Waals surface area contributed by atoms with Gasteiger partial charge in [0.2, 0.25) is 0 Å². The molecule has 1 rings (SSSR count). The minimum absolute atomic E-state index is 0.580. The van der Waals surface area contributed by atoms with E-state index in [1.165, 1.54) is 6.20 Å². The molecule has 2 N–H and O–H groups in total. The van der Waals surface area contributed by atoms with Crippen molar-refractivity contribution in [3.8, 4) is 5.75 Å². The first-order valence-electron chi connectivity index (χ1n) is 4.66. The lowest BCUT2D eigenvalue weighted by atomic mass is 10.1. The van der Waals surface area contributed by atoms with Crippen LogP contribution >= 0.6 is 22.4 Å². The summed E-state index contributed by atoms with van der Waals surface area (Å²) in [5, 5.41) is 0.580. The van der Waals surface area contributed by atoms with Crippen molar-refractivity contribution in [3.63, 3.8) is 0 Å². The van der Waals surface area contributed by atoms with Crippen molar-refractivity contribution in [2.75, 3.05) is 0 Å². The Labute approximate surface area is 109 Å². The Kier molecular flexibility index (Phi) is 5.70. The lowest BCUT2D eigenvalue weighted by molar-refractivity contribution is 0.608. The molecule has 1 aromatic rings. The van der Waals surface area contributed by atoms with Crippen molar-refractivity contribution in [2.45, 2.75) is 0 Å². The van der Waals surface area contributed by atoms with E-state index in [1.54, 1.807) is 18.5 Å². The number of hydrogen-bond donors (Lipinski definition) is 1. The molecule has 0 atom stereocenters. The van der Waals surface area contributed by atoms with Crippen LogP contribution < -0.4 is 10.4 Å². The van der Waals surface area contributed by atoms with Crippen molar-refractivity contribution in [2.24, 2.45) is 5.73 Å². The zero-order valence-corrected chi connectivity index (χ0v) is 10.9. The second kappa shape index (κ2) is 7.11. The molecule has 0 fully saturated rings. The molecule has 0 radical (unpaired) electrons. The van der Waals surface area contributed by atoms with E-state index in [0.717, 1.165) is 16.9 Å². The largest absolute Gasteiger partial charge is 0.552 e. The van der Waals surface area contributed by atoms with Gasteiger partial charge in [-0.3, -0.25) is 4.98 Å². The smallest absolute Gasteiger partial charge is 0.411 e. The molecule has 0 amide bonds. The van der Waals surface area contributed by atoms with Gasteiger partial charge < -0.3 is 10.4 Å². The maximum atomic E-state index is 5.45. The molecule has 0 unspecified atom stereocenters. The lowest BCUT2D eigenvalue weighted by Gasteiger charge is -2.08. The standard InChI is InChI=1S/C11H12BIN2O/c1-9(4-2-3-6-14)10-5-7-15-8-11(10)16-12-13/h2-8,12H,1,14H2/b4-2-,6-3-. The SMILES string of the molecule is C=C(/C=C\C=C/N)c1ccncc1OBI. The molecule has 1 aromatic heterocycles. The molecular formula is C11H12BIN2O. The molecule has 16 heavy (non-hydrogen) atoms. The van der Waals surface area contributed by atoms with Crippen LogP contribution in [0.4, 0.5) is 0 Å². The van der Waals surface area contributed by atoms with Gasteiger partial charge in [0.15, 0.2) is 0 Å². The van der Waals surface area contributed by atoms with E-state index in [2.05, 4.69) is 33.9 Å². The fourth-order valence-corrected chi connectivity index (χ4v) is 1.48. The molecule has 3 nitrogen and oxygen atoms in total. The van der Waals surface area contributed by atoms with Gasteiger partial charge in [0.1, 0.15) is 5.75 Å². The summed E-state index contributed by atoms with van der Waals surface area (Å²) >= 11 is 2.14. The molecule has 1 heterocycles. The van der Waals surface area contributed by atoms with E-state index >= 15 is 0 Å². The molecule has 0 spiro atoms. The van der Waals surface area contributed by atoms with Crippen LogP contribution in [0.15, 0.2) is 49.5 Å². The van der Waals surface area contributed by atoms with Crippen LogP contribution in [0.25, 0.3) is 5.57 Å². The maximum absolute atomic E-state index is 5.45. The molecule has 5 heteroatoms. The van der Waals surface area contributed by atoms with Gasteiger partial charge >= 0.3 is 5.34 Å². The van der Waals surface area contributed by atoms with Crippen molar-refractivity contribution in [1.29, 1.82) is 0 Å². The summed E-state index contributed by atoms with van der Waals surface area (Å²) in [5.74, 6) is 0.739. The normalized spacial score (nSPS) is 10.8. The Morgan fingerprint density at radius 1 is 1.56 bits per heavy atom. The highest BCUT2D eigenvalue weighted by Gasteiger charge is 2.04. The van der Waals surface area contributed by atoms with Gasteiger partial charge in [-0.1, -0.05) is 41.1 Å². The first-order chi connectivity index (χ1) is 7.79. The van der Waals surface area contributed by atoms with Crippen LogP contribution in [-0.4, -0.2) is 10.3 Å². The lowest BCUT2D eigenvalue weighted by Crippen LogP contribution is -1.96. The Hall–Kier alpha value is -1.24. The van der Waals surface area contributed by atoms with Gasteiger partial charge in [0, 0.05) is 11.8 Å². The first kappa shape index (κ1) is 12.8. The topological polar surface area (TPSA) is 48.1 Å². The van der Waals surface area contributed by atoms with Crippen LogP contribution in [0.2, 0.25) is 0 Å². The molecule has 0 aliphatic carbocycles. The van der Waals surface area contributed by atoms with Gasteiger partial charge in [-0.05, 0) is 23.9 Å². The number of halogens is 1. The Morgan fingerprint density at radius 2 is 2.38 bits per heavy atom. The molecule has 0 saturated heterocycles. The minimum atomic E-state index is 0.580. The maximum Gasteiger partial charge on any atom is 0.411 e. The number of pyridine rings is 1. The van der Waals surface area contributed by atoms with Crippen LogP contribution in [0, 0.1) is 0 Å². The number of aromatic nitrogens is 1. The summed E-state index contributed by atoms with van der Waals surface area (Å²) in [4.78, 5) is 4.02. The van der Waals surface area contributed by atoms with E-state index in [0.29, 0.717) is 5.34 Å². The van der Waals surface area contributed by atoms with E-state index in [4.69, 9.17) is 10.4 Å². The van der Waals surface area contributed by atoms with Crippen molar-refractivity contribution in [3.05, 3.63) is 55.0 Å². The second-order valence-electron chi connectivity index (χ2n) is 2.89. The quantitative estimate of drug-likeness (QED) is 0.513. The Morgan fingerprint density at radius 3 is 3.06 bits per heavy atom. The molecule has 0 aliphatic rings. The van der Waals surface area contributed by atoms with Gasteiger partial charge in [0.25, 0.3) is 0 Å². The number of nitrogens with zero attached hydrogens (tertiary/aromatic N) is 1. The van der Waals surface area contributed by atoms with Crippen LogP contribution in [-0.2, 0) is 0 Å². The minimum Gasteiger partial charge on any atom is -0.552 e. The van der Waals surface area contributed by atoms with E-state index in [-0.39, 0.29) is 0 Å². The van der Waals surface area contributed by atoms with Crippen LogP contribution in [0.1, 0.15) is 5.56 Å². The Balaban J connectivity index is 2.89. The molecule has 0 bridgehead atoms. The van der Waals surface area contributed by atoms with Crippen molar-refractivity contribution < 1.29 is 4.65 Å². The van der Waals surface area contributed by atoms with Gasteiger partial charge in [0.05, 0.1) is 6.20 Å². The molecule has 82 valence electrons. The van der Waals surface area contributed by atoms with E-state index < -0.39 is 0 Å². The molecule has 0 aromatic carbocycles. The number of rotatable bonds is 5. The van der Waals surface area contributed by atoms with Crippen molar-refractivity contribution >= 4 is 33.3 Å². The zero-order chi connectivity index (χ0) is 11.8. The fourth-order valence-electron chi connectivity index (χ4n) is 1.14. The highest BCUT2D eigenvalue weighted by Crippen LogP contribution is 2.24. The highest BCUT2D eigenvalue weighted by molar-refractivity contribution is 14.1. The fraction of sp³-hybridized carbons (Fsp3) is 0. The zero-order valence-electron chi connectivity index (χ0n) is 8.77. The first-order valence-corrected chi connectivity index (χ1v) is 6.19. The third kappa shape index (κ3) is 3.73. The average molecular weight is 326 g/mol. The number of hydrogen-bond acceptors (Lipinski definition) is 3. The molecule has 0 aliphatic heterocycles.